The van der Waals surface area contributed by atoms with Gasteiger partial charge in [-0.15, -0.1) is 11.3 Å². The van der Waals surface area contributed by atoms with Crippen molar-refractivity contribution in [3.63, 3.8) is 0 Å². The predicted octanol–water partition coefficient (Wildman–Crippen LogP) is 2.37. The molecule has 1 aliphatic heterocycles. The number of rotatable bonds is 4. The van der Waals surface area contributed by atoms with Crippen LogP contribution in [0.4, 0.5) is 5.95 Å². The molecule has 8 nitrogen and oxygen atoms in total. The number of carbonyl (C=O) groups is 1. The summed E-state index contributed by atoms with van der Waals surface area (Å²) in [5, 5.41) is 1.96. The molecular weight excluding hydrogens is 388 g/mol. The van der Waals surface area contributed by atoms with Crippen molar-refractivity contribution in [3.8, 4) is 10.6 Å². The number of aromatic amines is 1. The quantitative estimate of drug-likeness (QED) is 0.710. The standard InChI is InChI=1S/C20H22N6O2S/c1-25(2)20-21-10-14(11-22-20)19(28)26-7-3-5-13(12-26)18-23-15(9-17(27)24-18)16-6-4-8-29-16/h4,6,8-11,13H,3,5,7,12H2,1-2H3,(H,23,24,27)/t13-/m1/s1. The minimum atomic E-state index is -0.172. The summed E-state index contributed by atoms with van der Waals surface area (Å²) in [6, 6.07) is 5.40. The predicted molar refractivity (Wildman–Crippen MR) is 112 cm³/mol. The molecule has 1 N–H and O–H groups in total. The highest BCUT2D eigenvalue weighted by Crippen LogP contribution is 2.27. The van der Waals surface area contributed by atoms with Crippen molar-refractivity contribution in [2.75, 3.05) is 32.1 Å². The van der Waals surface area contributed by atoms with Gasteiger partial charge in [-0.2, -0.15) is 0 Å². The van der Waals surface area contributed by atoms with E-state index in [1.807, 2.05) is 31.6 Å². The maximum atomic E-state index is 12.9. The molecule has 4 heterocycles. The molecular formula is C20H22N6O2S. The van der Waals surface area contributed by atoms with Crippen molar-refractivity contribution < 1.29 is 4.79 Å². The Morgan fingerprint density at radius 2 is 2.10 bits per heavy atom. The van der Waals surface area contributed by atoms with Crippen LogP contribution in [-0.4, -0.2) is 57.9 Å². The Bertz CT molecular complexity index is 1050. The molecule has 0 bridgehead atoms. The van der Waals surface area contributed by atoms with Gasteiger partial charge in [-0.25, -0.2) is 15.0 Å². The number of nitrogens with one attached hydrogen (secondary N) is 1. The second-order valence-electron chi connectivity index (χ2n) is 7.25. The van der Waals surface area contributed by atoms with Crippen molar-refractivity contribution in [1.29, 1.82) is 0 Å². The van der Waals surface area contributed by atoms with Crippen molar-refractivity contribution >= 4 is 23.2 Å². The van der Waals surface area contributed by atoms with E-state index in [1.165, 1.54) is 6.07 Å². The van der Waals surface area contributed by atoms with Crippen LogP contribution in [0, 0.1) is 0 Å². The first kappa shape index (κ1) is 19.3. The first-order valence-electron chi connectivity index (χ1n) is 9.45. The van der Waals surface area contributed by atoms with Crippen LogP contribution in [0.25, 0.3) is 10.6 Å². The summed E-state index contributed by atoms with van der Waals surface area (Å²) in [6.45, 7) is 1.17. The molecule has 0 saturated carbocycles. The average Bonchev–Trinajstić information content (AvgIpc) is 3.28. The fourth-order valence-electron chi connectivity index (χ4n) is 3.45. The molecule has 9 heteroatoms. The molecule has 29 heavy (non-hydrogen) atoms. The van der Waals surface area contributed by atoms with Gasteiger partial charge in [0.05, 0.1) is 16.1 Å². The van der Waals surface area contributed by atoms with E-state index < -0.39 is 0 Å². The number of piperidine rings is 1. The zero-order chi connectivity index (χ0) is 20.4. The summed E-state index contributed by atoms with van der Waals surface area (Å²) in [6.07, 6.45) is 4.84. The Morgan fingerprint density at radius 1 is 1.31 bits per heavy atom. The summed E-state index contributed by atoms with van der Waals surface area (Å²) in [4.78, 5) is 45.7. The Balaban J connectivity index is 1.54. The van der Waals surface area contributed by atoms with Gasteiger partial charge in [0, 0.05) is 51.6 Å². The molecule has 0 aliphatic carbocycles. The minimum absolute atomic E-state index is 0.0118. The Hall–Kier alpha value is -3.07. The normalized spacial score (nSPS) is 16.6. The smallest absolute Gasteiger partial charge is 0.257 e. The van der Waals surface area contributed by atoms with E-state index in [-0.39, 0.29) is 17.4 Å². The molecule has 1 atom stereocenters. The number of nitrogens with zero attached hydrogens (tertiary/aromatic N) is 5. The Kier molecular flexibility index (Phi) is 5.39. The number of hydrogen-bond acceptors (Lipinski definition) is 7. The second kappa shape index (κ2) is 8.12. The number of likely N-dealkylation sites (tertiary alicyclic amines) is 1. The van der Waals surface area contributed by atoms with E-state index in [2.05, 4.69) is 19.9 Å². The highest BCUT2D eigenvalue weighted by Gasteiger charge is 2.27. The zero-order valence-corrected chi connectivity index (χ0v) is 17.1. The first-order valence-corrected chi connectivity index (χ1v) is 10.3. The van der Waals surface area contributed by atoms with Crippen molar-refractivity contribution in [2.24, 2.45) is 0 Å². The molecule has 4 rings (SSSR count). The van der Waals surface area contributed by atoms with Gasteiger partial charge in [0.15, 0.2) is 0 Å². The summed E-state index contributed by atoms with van der Waals surface area (Å²) in [5.41, 5.74) is 0.967. The molecule has 3 aromatic rings. The molecule has 1 saturated heterocycles. The molecule has 1 aliphatic rings. The van der Waals surface area contributed by atoms with Crippen LogP contribution in [0.5, 0.6) is 0 Å². The first-order chi connectivity index (χ1) is 14.0. The lowest BCUT2D eigenvalue weighted by molar-refractivity contribution is 0.0703. The minimum Gasteiger partial charge on any atom is -0.347 e. The molecule has 0 spiro atoms. The number of aromatic nitrogens is 4. The largest absolute Gasteiger partial charge is 0.347 e. The summed E-state index contributed by atoms with van der Waals surface area (Å²) in [5.74, 6) is 1.09. The van der Waals surface area contributed by atoms with Crippen molar-refractivity contribution in [1.82, 2.24) is 24.8 Å². The number of thiophene rings is 1. The molecule has 1 fully saturated rings. The van der Waals surface area contributed by atoms with E-state index in [4.69, 9.17) is 0 Å². The lowest BCUT2D eigenvalue weighted by Crippen LogP contribution is -2.40. The van der Waals surface area contributed by atoms with E-state index in [0.717, 1.165) is 17.7 Å². The summed E-state index contributed by atoms with van der Waals surface area (Å²) in [7, 11) is 3.70. The number of anilines is 1. The van der Waals surface area contributed by atoms with Gasteiger partial charge < -0.3 is 14.8 Å². The van der Waals surface area contributed by atoms with Gasteiger partial charge in [0.1, 0.15) is 5.82 Å². The van der Waals surface area contributed by atoms with Crippen LogP contribution >= 0.6 is 11.3 Å². The topological polar surface area (TPSA) is 95.1 Å². The fraction of sp³-hybridized carbons (Fsp3) is 0.350. The van der Waals surface area contributed by atoms with E-state index in [9.17, 15) is 9.59 Å². The second-order valence-corrected chi connectivity index (χ2v) is 8.20. The Morgan fingerprint density at radius 3 is 2.79 bits per heavy atom. The van der Waals surface area contributed by atoms with Gasteiger partial charge in [-0.3, -0.25) is 9.59 Å². The summed E-state index contributed by atoms with van der Waals surface area (Å²) >= 11 is 1.55. The van der Waals surface area contributed by atoms with Crippen LogP contribution in [0.15, 0.2) is 40.8 Å². The molecule has 150 valence electrons. The molecule has 0 radical (unpaired) electrons. The van der Waals surface area contributed by atoms with E-state index >= 15 is 0 Å². The maximum Gasteiger partial charge on any atom is 0.257 e. The van der Waals surface area contributed by atoms with Crippen molar-refractivity contribution in [2.45, 2.75) is 18.8 Å². The van der Waals surface area contributed by atoms with Crippen LogP contribution in [0.2, 0.25) is 0 Å². The third-order valence-electron chi connectivity index (χ3n) is 4.91. The SMILES string of the molecule is CN(C)c1ncc(C(=O)N2CCC[C@@H](c3nc(-c4cccs4)cc(=O)[nH]3)C2)cn1. The van der Waals surface area contributed by atoms with Gasteiger partial charge in [-0.05, 0) is 24.3 Å². The molecule has 1 amide bonds. The third-order valence-corrected chi connectivity index (χ3v) is 5.81. The van der Waals surface area contributed by atoms with Gasteiger partial charge in [-0.1, -0.05) is 6.07 Å². The highest BCUT2D eigenvalue weighted by atomic mass is 32.1. The molecule has 3 aromatic heterocycles. The summed E-state index contributed by atoms with van der Waals surface area (Å²) < 4.78 is 0. The highest BCUT2D eigenvalue weighted by molar-refractivity contribution is 7.13. The number of H-pyrrole nitrogens is 1. The van der Waals surface area contributed by atoms with E-state index in [1.54, 1.807) is 33.5 Å². The van der Waals surface area contributed by atoms with Crippen LogP contribution in [0.3, 0.4) is 0 Å². The van der Waals surface area contributed by atoms with Crippen LogP contribution in [-0.2, 0) is 0 Å². The average molecular weight is 411 g/mol. The monoisotopic (exact) mass is 410 g/mol. The van der Waals surface area contributed by atoms with Crippen LogP contribution < -0.4 is 10.5 Å². The zero-order valence-electron chi connectivity index (χ0n) is 16.3. The van der Waals surface area contributed by atoms with Gasteiger partial charge >= 0.3 is 0 Å². The lowest BCUT2D eigenvalue weighted by atomic mass is 9.96. The van der Waals surface area contributed by atoms with Gasteiger partial charge in [0.25, 0.3) is 11.5 Å². The molecule has 0 aromatic carbocycles. The lowest BCUT2D eigenvalue weighted by Gasteiger charge is -2.32. The van der Waals surface area contributed by atoms with Crippen LogP contribution in [0.1, 0.15) is 34.9 Å². The number of amides is 1. The van der Waals surface area contributed by atoms with E-state index in [0.29, 0.717) is 36.1 Å². The third kappa shape index (κ3) is 4.19. The van der Waals surface area contributed by atoms with Gasteiger partial charge in [0.2, 0.25) is 5.95 Å². The maximum absolute atomic E-state index is 12.9. The molecule has 0 unspecified atom stereocenters. The fourth-order valence-corrected chi connectivity index (χ4v) is 4.14. The number of carbonyl (C=O) groups excluding carboxylic acids is 1. The Labute approximate surface area is 172 Å². The van der Waals surface area contributed by atoms with Crippen molar-refractivity contribution in [3.05, 3.63) is 57.7 Å². The number of hydrogen-bond donors (Lipinski definition) is 1.